The monoisotopic (exact) mass is 280 g/mol. The largest absolute Gasteiger partial charge is 0.497 e. The SMILES string of the molecule is CCC(C)(CC)/C(C)=C(/C=C(\C)C(C)(CC)CC)OC. The summed E-state index contributed by atoms with van der Waals surface area (Å²) in [7, 11) is 1.80. The average molecular weight is 280 g/mol. The molecule has 0 saturated heterocycles. The van der Waals surface area contributed by atoms with Gasteiger partial charge in [0.25, 0.3) is 0 Å². The third-order valence-corrected chi connectivity index (χ3v) is 5.92. The molecule has 0 radical (unpaired) electrons. The van der Waals surface area contributed by atoms with Gasteiger partial charge in [-0.05, 0) is 62.0 Å². The maximum atomic E-state index is 5.72. The van der Waals surface area contributed by atoms with Crippen molar-refractivity contribution in [1.82, 2.24) is 0 Å². The highest BCUT2D eigenvalue weighted by molar-refractivity contribution is 5.29. The van der Waals surface area contributed by atoms with Crippen LogP contribution < -0.4 is 0 Å². The van der Waals surface area contributed by atoms with E-state index in [2.05, 4.69) is 61.5 Å². The van der Waals surface area contributed by atoms with E-state index in [0.717, 1.165) is 18.6 Å². The maximum absolute atomic E-state index is 5.72. The number of allylic oxidation sites excluding steroid dienone is 3. The molecule has 0 aromatic rings. The molecule has 0 unspecified atom stereocenters. The molecule has 1 heteroatoms. The first-order valence-electron chi connectivity index (χ1n) is 8.18. The number of ether oxygens (including phenoxy) is 1. The van der Waals surface area contributed by atoms with Crippen LogP contribution >= 0.6 is 0 Å². The van der Waals surface area contributed by atoms with E-state index in [9.17, 15) is 0 Å². The van der Waals surface area contributed by atoms with Crippen LogP contribution in [0.1, 0.15) is 81.1 Å². The molecule has 0 aliphatic rings. The average Bonchev–Trinajstić information content (AvgIpc) is 2.49. The van der Waals surface area contributed by atoms with Gasteiger partial charge in [0.15, 0.2) is 0 Å². The lowest BCUT2D eigenvalue weighted by Crippen LogP contribution is -2.19. The predicted molar refractivity (Wildman–Crippen MR) is 90.8 cm³/mol. The van der Waals surface area contributed by atoms with Crippen molar-refractivity contribution in [2.45, 2.75) is 81.1 Å². The van der Waals surface area contributed by atoms with Crippen molar-refractivity contribution in [2.24, 2.45) is 10.8 Å². The summed E-state index contributed by atoms with van der Waals surface area (Å²) in [4.78, 5) is 0. The van der Waals surface area contributed by atoms with E-state index in [0.29, 0.717) is 0 Å². The molecule has 118 valence electrons. The van der Waals surface area contributed by atoms with Crippen LogP contribution in [0.25, 0.3) is 0 Å². The van der Waals surface area contributed by atoms with Crippen LogP contribution in [-0.4, -0.2) is 7.11 Å². The second-order valence-corrected chi connectivity index (χ2v) is 6.56. The fourth-order valence-electron chi connectivity index (χ4n) is 2.58. The van der Waals surface area contributed by atoms with E-state index < -0.39 is 0 Å². The molecule has 0 saturated carbocycles. The number of hydrogen-bond donors (Lipinski definition) is 0. The Labute approximate surface area is 127 Å². The molecule has 1 nitrogen and oxygen atoms in total. The second kappa shape index (κ2) is 7.90. The van der Waals surface area contributed by atoms with Crippen LogP contribution in [0.3, 0.4) is 0 Å². The third-order valence-electron chi connectivity index (χ3n) is 5.92. The van der Waals surface area contributed by atoms with Gasteiger partial charge in [0.1, 0.15) is 5.76 Å². The topological polar surface area (TPSA) is 9.23 Å². The predicted octanol–water partition coefficient (Wildman–Crippen LogP) is 6.51. The van der Waals surface area contributed by atoms with Gasteiger partial charge in [-0.25, -0.2) is 0 Å². The molecule has 0 bridgehead atoms. The summed E-state index contributed by atoms with van der Waals surface area (Å²) < 4.78 is 5.72. The summed E-state index contributed by atoms with van der Waals surface area (Å²) in [5.74, 6) is 1.06. The van der Waals surface area contributed by atoms with Gasteiger partial charge in [-0.15, -0.1) is 0 Å². The lowest BCUT2D eigenvalue weighted by molar-refractivity contribution is 0.272. The Morgan fingerprint density at radius 3 is 1.55 bits per heavy atom. The molecule has 0 N–H and O–H groups in total. The molecule has 0 rings (SSSR count). The van der Waals surface area contributed by atoms with Crippen molar-refractivity contribution in [3.8, 4) is 0 Å². The van der Waals surface area contributed by atoms with Crippen molar-refractivity contribution in [3.63, 3.8) is 0 Å². The van der Waals surface area contributed by atoms with Gasteiger partial charge < -0.3 is 4.74 Å². The highest BCUT2D eigenvalue weighted by Crippen LogP contribution is 2.39. The summed E-state index contributed by atoms with van der Waals surface area (Å²) in [6.45, 7) is 18.2. The van der Waals surface area contributed by atoms with E-state index in [1.807, 2.05) is 0 Å². The van der Waals surface area contributed by atoms with Crippen LogP contribution in [0.4, 0.5) is 0 Å². The van der Waals surface area contributed by atoms with E-state index in [4.69, 9.17) is 4.74 Å². The van der Waals surface area contributed by atoms with E-state index >= 15 is 0 Å². The fourth-order valence-corrected chi connectivity index (χ4v) is 2.58. The zero-order valence-corrected chi connectivity index (χ0v) is 15.3. The molecule has 0 aliphatic carbocycles. The zero-order valence-electron chi connectivity index (χ0n) is 15.3. The van der Waals surface area contributed by atoms with Crippen LogP contribution in [0.5, 0.6) is 0 Å². The van der Waals surface area contributed by atoms with Gasteiger partial charge in [0.2, 0.25) is 0 Å². The number of rotatable bonds is 8. The minimum Gasteiger partial charge on any atom is -0.497 e. The zero-order chi connectivity index (χ0) is 16.0. The van der Waals surface area contributed by atoms with Crippen LogP contribution in [0.2, 0.25) is 0 Å². The Kier molecular flexibility index (Phi) is 7.62. The molecular weight excluding hydrogens is 244 g/mol. The summed E-state index contributed by atoms with van der Waals surface area (Å²) in [5, 5.41) is 0. The van der Waals surface area contributed by atoms with Gasteiger partial charge >= 0.3 is 0 Å². The van der Waals surface area contributed by atoms with E-state index in [1.165, 1.54) is 24.0 Å². The van der Waals surface area contributed by atoms with Crippen LogP contribution in [0.15, 0.2) is 23.0 Å². The van der Waals surface area contributed by atoms with Crippen molar-refractivity contribution in [3.05, 3.63) is 23.0 Å². The standard InChI is InChI=1S/C19H36O/c1-10-18(7,11-2)15(5)14-17(20-9)16(6)19(8,12-3)13-4/h14H,10-13H2,1-9H3/b15-14+,17-16-. The summed E-state index contributed by atoms with van der Waals surface area (Å²) in [5.41, 5.74) is 3.31. The first-order valence-corrected chi connectivity index (χ1v) is 8.18. The smallest absolute Gasteiger partial charge is 0.118 e. The minimum absolute atomic E-state index is 0.233. The van der Waals surface area contributed by atoms with Crippen LogP contribution in [0, 0.1) is 10.8 Å². The normalized spacial score (nSPS) is 15.2. The summed E-state index contributed by atoms with van der Waals surface area (Å²) in [6, 6.07) is 0. The minimum atomic E-state index is 0.233. The Morgan fingerprint density at radius 1 is 0.850 bits per heavy atom. The van der Waals surface area contributed by atoms with Gasteiger partial charge in [0, 0.05) is 0 Å². The van der Waals surface area contributed by atoms with Gasteiger partial charge in [-0.1, -0.05) is 47.1 Å². The van der Waals surface area contributed by atoms with E-state index in [-0.39, 0.29) is 10.8 Å². The first kappa shape index (κ1) is 19.3. The number of hydrogen-bond acceptors (Lipinski definition) is 1. The highest BCUT2D eigenvalue weighted by atomic mass is 16.5. The summed E-state index contributed by atoms with van der Waals surface area (Å²) >= 11 is 0. The molecule has 0 aliphatic heterocycles. The van der Waals surface area contributed by atoms with Crippen LogP contribution in [-0.2, 0) is 4.74 Å². The van der Waals surface area contributed by atoms with Crippen molar-refractivity contribution in [2.75, 3.05) is 7.11 Å². The fraction of sp³-hybridized carbons (Fsp3) is 0.789. The summed E-state index contributed by atoms with van der Waals surface area (Å²) in [6.07, 6.45) is 6.90. The Morgan fingerprint density at radius 2 is 1.25 bits per heavy atom. The lowest BCUT2D eigenvalue weighted by Gasteiger charge is -2.31. The van der Waals surface area contributed by atoms with Gasteiger partial charge in [-0.2, -0.15) is 0 Å². The van der Waals surface area contributed by atoms with Gasteiger partial charge in [0.05, 0.1) is 7.11 Å². The molecule has 0 spiro atoms. The molecule has 0 amide bonds. The first-order chi connectivity index (χ1) is 9.24. The third kappa shape index (κ3) is 4.14. The molecule has 0 aromatic carbocycles. The quantitative estimate of drug-likeness (QED) is 0.364. The van der Waals surface area contributed by atoms with E-state index in [1.54, 1.807) is 7.11 Å². The molecule has 20 heavy (non-hydrogen) atoms. The Bertz CT molecular complexity index is 352. The molecule has 0 heterocycles. The molecule has 0 fully saturated rings. The Balaban J connectivity index is 5.70. The second-order valence-electron chi connectivity index (χ2n) is 6.56. The highest BCUT2D eigenvalue weighted by Gasteiger charge is 2.26. The maximum Gasteiger partial charge on any atom is 0.118 e. The molecule has 0 aromatic heterocycles. The number of methoxy groups -OCH3 is 1. The van der Waals surface area contributed by atoms with Crippen molar-refractivity contribution >= 4 is 0 Å². The lowest BCUT2D eigenvalue weighted by atomic mass is 9.75. The van der Waals surface area contributed by atoms with Crippen molar-refractivity contribution in [1.29, 1.82) is 0 Å². The molecule has 0 atom stereocenters. The Hall–Kier alpha value is -0.720. The molecular formula is C19H36O. The van der Waals surface area contributed by atoms with Crippen molar-refractivity contribution < 1.29 is 4.74 Å². The van der Waals surface area contributed by atoms with Gasteiger partial charge in [-0.3, -0.25) is 0 Å².